The van der Waals surface area contributed by atoms with Gasteiger partial charge in [0.25, 0.3) is 0 Å². The van der Waals surface area contributed by atoms with Crippen molar-refractivity contribution < 1.29 is 17.9 Å². The number of nitrogens with zero attached hydrogens (tertiary/aromatic N) is 2. The Morgan fingerprint density at radius 2 is 2.00 bits per heavy atom. The fraction of sp³-hybridized carbons (Fsp3) is 0.250. The molecule has 140 valence electrons. The predicted molar refractivity (Wildman–Crippen MR) is 95.1 cm³/mol. The number of hydrogen-bond acceptors (Lipinski definition) is 3. The van der Waals surface area contributed by atoms with Gasteiger partial charge in [-0.3, -0.25) is 4.68 Å². The molecule has 0 bridgehead atoms. The molecule has 2 heterocycles. The molecule has 2 aromatic carbocycles. The summed E-state index contributed by atoms with van der Waals surface area (Å²) in [5.74, 6) is -2.90. The van der Waals surface area contributed by atoms with Crippen molar-refractivity contribution in [2.24, 2.45) is 0 Å². The van der Waals surface area contributed by atoms with Crippen LogP contribution in [0.25, 0.3) is 11.3 Å². The highest BCUT2D eigenvalue weighted by atomic mass is 19.2. The number of halogens is 3. The third-order valence-electron chi connectivity index (χ3n) is 4.57. The molecule has 1 fully saturated rings. The van der Waals surface area contributed by atoms with Crippen LogP contribution in [0, 0.1) is 17.5 Å². The Hall–Kier alpha value is -2.80. The molecule has 1 N–H and O–H groups in total. The second-order valence-electron chi connectivity index (χ2n) is 6.51. The summed E-state index contributed by atoms with van der Waals surface area (Å²) in [6, 6.07) is 9.89. The van der Waals surface area contributed by atoms with E-state index in [9.17, 15) is 13.2 Å². The van der Waals surface area contributed by atoms with Gasteiger partial charge in [-0.2, -0.15) is 9.49 Å². The van der Waals surface area contributed by atoms with E-state index in [4.69, 9.17) is 4.74 Å². The number of aromatic nitrogens is 2. The van der Waals surface area contributed by atoms with Crippen LogP contribution in [-0.4, -0.2) is 22.4 Å². The lowest BCUT2D eigenvalue weighted by Crippen LogP contribution is -2.26. The van der Waals surface area contributed by atoms with Crippen molar-refractivity contribution >= 4 is 0 Å². The highest BCUT2D eigenvalue weighted by Gasteiger charge is 2.16. The van der Waals surface area contributed by atoms with Gasteiger partial charge in [-0.15, -0.1) is 0 Å². The number of hydrogen-bond donors (Lipinski definition) is 1. The van der Waals surface area contributed by atoms with E-state index in [1.807, 2.05) is 6.20 Å². The lowest BCUT2D eigenvalue weighted by molar-refractivity contribution is 0.414. The van der Waals surface area contributed by atoms with Crippen molar-refractivity contribution in [3.63, 3.8) is 0 Å². The van der Waals surface area contributed by atoms with Crippen molar-refractivity contribution in [1.82, 2.24) is 15.1 Å². The maximum absolute atomic E-state index is 14.5. The van der Waals surface area contributed by atoms with Crippen LogP contribution in [0.1, 0.15) is 12.8 Å². The topological polar surface area (TPSA) is 39.1 Å². The largest absolute Gasteiger partial charge is 0.454 e. The smallest absolute Gasteiger partial charge is 0.201 e. The van der Waals surface area contributed by atoms with Crippen LogP contribution < -0.4 is 10.1 Å². The second-order valence-corrected chi connectivity index (χ2v) is 6.51. The van der Waals surface area contributed by atoms with E-state index in [-0.39, 0.29) is 11.5 Å². The van der Waals surface area contributed by atoms with Crippen LogP contribution in [0.4, 0.5) is 13.2 Å². The molecule has 1 saturated heterocycles. The molecule has 0 spiro atoms. The van der Waals surface area contributed by atoms with Crippen molar-refractivity contribution in [1.29, 1.82) is 0 Å². The lowest BCUT2D eigenvalue weighted by Gasteiger charge is -2.10. The van der Waals surface area contributed by atoms with Crippen LogP contribution in [0.2, 0.25) is 0 Å². The van der Waals surface area contributed by atoms with Gasteiger partial charge in [0.15, 0.2) is 11.6 Å². The lowest BCUT2D eigenvalue weighted by atomic mass is 10.1. The van der Waals surface area contributed by atoms with Crippen LogP contribution in [0.3, 0.4) is 0 Å². The third kappa shape index (κ3) is 3.83. The molecule has 0 saturated carbocycles. The van der Waals surface area contributed by atoms with E-state index in [1.165, 1.54) is 24.3 Å². The van der Waals surface area contributed by atoms with Crippen LogP contribution in [0.15, 0.2) is 48.7 Å². The minimum Gasteiger partial charge on any atom is -0.454 e. The Bertz CT molecular complexity index is 951. The maximum Gasteiger partial charge on any atom is 0.201 e. The van der Waals surface area contributed by atoms with Gasteiger partial charge in [-0.05, 0) is 49.7 Å². The second kappa shape index (κ2) is 7.44. The van der Waals surface area contributed by atoms with Gasteiger partial charge in [0.1, 0.15) is 11.6 Å². The van der Waals surface area contributed by atoms with Crippen LogP contribution >= 0.6 is 0 Å². The van der Waals surface area contributed by atoms with Crippen molar-refractivity contribution in [2.45, 2.75) is 25.4 Å². The molecular formula is C20H18F3N3O. The first-order chi connectivity index (χ1) is 13.1. The molecule has 4 rings (SSSR count). The van der Waals surface area contributed by atoms with E-state index in [0.717, 1.165) is 38.1 Å². The predicted octanol–water partition coefficient (Wildman–Crippen LogP) is 4.51. The molecule has 0 amide bonds. The molecule has 1 aliphatic heterocycles. The van der Waals surface area contributed by atoms with Crippen molar-refractivity contribution in [3.8, 4) is 22.8 Å². The fourth-order valence-corrected chi connectivity index (χ4v) is 3.20. The molecule has 0 aliphatic carbocycles. The van der Waals surface area contributed by atoms with Gasteiger partial charge in [0, 0.05) is 23.9 Å². The average Bonchev–Trinajstić information content (AvgIpc) is 3.32. The van der Waals surface area contributed by atoms with Gasteiger partial charge in [0.05, 0.1) is 12.2 Å². The molecular weight excluding hydrogens is 355 g/mol. The number of benzene rings is 2. The Balaban J connectivity index is 1.51. The summed E-state index contributed by atoms with van der Waals surface area (Å²) >= 11 is 0. The Morgan fingerprint density at radius 1 is 1.11 bits per heavy atom. The SMILES string of the molecule is Fc1cc(Oc2cccc(F)c2F)ccc1-c1ccn(C[C@@H]2CCCN2)n1. The molecule has 1 aromatic heterocycles. The molecule has 1 aliphatic rings. The maximum atomic E-state index is 14.5. The highest BCUT2D eigenvalue weighted by molar-refractivity contribution is 5.60. The van der Waals surface area contributed by atoms with Gasteiger partial charge >= 0.3 is 0 Å². The summed E-state index contributed by atoms with van der Waals surface area (Å²) in [6.45, 7) is 1.75. The van der Waals surface area contributed by atoms with E-state index in [0.29, 0.717) is 17.3 Å². The minimum atomic E-state index is -1.11. The quantitative estimate of drug-likeness (QED) is 0.715. The zero-order chi connectivity index (χ0) is 18.8. The van der Waals surface area contributed by atoms with E-state index in [2.05, 4.69) is 10.4 Å². The zero-order valence-electron chi connectivity index (χ0n) is 14.5. The standard InChI is InChI=1S/C20H18F3N3O/c21-16-4-1-5-19(20(16)23)27-14-6-7-15(17(22)11-14)18-8-10-26(25-18)12-13-3-2-9-24-13/h1,4-8,10-11,13,24H,2-3,9,12H2/t13-/m0/s1. The summed E-state index contributed by atoms with van der Waals surface area (Å²) in [5.41, 5.74) is 0.828. The Kier molecular flexibility index (Phi) is 4.85. The summed E-state index contributed by atoms with van der Waals surface area (Å²) < 4.78 is 48.5. The zero-order valence-corrected chi connectivity index (χ0v) is 14.5. The van der Waals surface area contributed by atoms with Gasteiger partial charge in [0.2, 0.25) is 5.82 Å². The molecule has 27 heavy (non-hydrogen) atoms. The van der Waals surface area contributed by atoms with Gasteiger partial charge in [-0.25, -0.2) is 8.78 Å². The first-order valence-electron chi connectivity index (χ1n) is 8.79. The Morgan fingerprint density at radius 3 is 2.78 bits per heavy atom. The third-order valence-corrected chi connectivity index (χ3v) is 4.57. The van der Waals surface area contributed by atoms with Gasteiger partial charge in [-0.1, -0.05) is 6.07 Å². The minimum absolute atomic E-state index is 0.0790. The van der Waals surface area contributed by atoms with Gasteiger partial charge < -0.3 is 10.1 Å². The van der Waals surface area contributed by atoms with Crippen LogP contribution in [0.5, 0.6) is 11.5 Å². The fourth-order valence-electron chi connectivity index (χ4n) is 3.20. The summed E-state index contributed by atoms with van der Waals surface area (Å²) in [6.07, 6.45) is 4.08. The summed E-state index contributed by atoms with van der Waals surface area (Å²) in [4.78, 5) is 0. The number of rotatable bonds is 5. The molecule has 4 nitrogen and oxygen atoms in total. The number of ether oxygens (including phenoxy) is 1. The Labute approximate surface area is 154 Å². The van der Waals surface area contributed by atoms with Crippen molar-refractivity contribution in [3.05, 3.63) is 66.1 Å². The van der Waals surface area contributed by atoms with E-state index in [1.54, 1.807) is 10.7 Å². The average molecular weight is 373 g/mol. The normalized spacial score (nSPS) is 16.6. The van der Waals surface area contributed by atoms with Crippen molar-refractivity contribution in [2.75, 3.05) is 6.54 Å². The van der Waals surface area contributed by atoms with E-state index >= 15 is 0 Å². The number of nitrogens with one attached hydrogen (secondary N) is 1. The molecule has 0 radical (unpaired) electrons. The molecule has 0 unspecified atom stereocenters. The van der Waals surface area contributed by atoms with Crippen LogP contribution in [-0.2, 0) is 6.54 Å². The summed E-state index contributed by atoms with van der Waals surface area (Å²) in [7, 11) is 0. The molecule has 7 heteroatoms. The first-order valence-corrected chi connectivity index (χ1v) is 8.79. The monoisotopic (exact) mass is 373 g/mol. The first kappa shape index (κ1) is 17.6. The van der Waals surface area contributed by atoms with E-state index < -0.39 is 17.5 Å². The summed E-state index contributed by atoms with van der Waals surface area (Å²) in [5, 5.41) is 7.83. The molecule has 1 atom stereocenters. The molecule has 3 aromatic rings. The highest BCUT2D eigenvalue weighted by Crippen LogP contribution is 2.30.